The number of hydrogen-bond donors (Lipinski definition) is 2. The van der Waals surface area contributed by atoms with E-state index in [-0.39, 0.29) is 11.4 Å². The van der Waals surface area contributed by atoms with Crippen molar-refractivity contribution in [2.75, 3.05) is 23.3 Å². The van der Waals surface area contributed by atoms with Crippen LogP contribution in [0.4, 0.5) is 16.6 Å². The number of nitro groups is 1. The van der Waals surface area contributed by atoms with E-state index < -0.39 is 10.8 Å². The number of nitrogens with zero attached hydrogens (tertiary/aromatic N) is 4. The van der Waals surface area contributed by atoms with Gasteiger partial charge < -0.3 is 10.2 Å². The molecule has 0 radical (unpaired) electrons. The summed E-state index contributed by atoms with van der Waals surface area (Å²) in [5.74, 6) is -0.237. The Kier molecular flexibility index (Phi) is 4.00. The minimum atomic E-state index is -0.654. The predicted molar refractivity (Wildman–Crippen MR) is 81.4 cm³/mol. The van der Waals surface area contributed by atoms with Crippen LogP contribution in [0.5, 0.6) is 0 Å². The van der Waals surface area contributed by atoms with Gasteiger partial charge in [0, 0.05) is 18.5 Å². The number of H-pyrrole nitrogens is 1. The van der Waals surface area contributed by atoms with Gasteiger partial charge in [-0.1, -0.05) is 0 Å². The van der Waals surface area contributed by atoms with Gasteiger partial charge in [-0.3, -0.25) is 20.0 Å². The Labute approximate surface area is 129 Å². The quantitative estimate of drug-likeness (QED) is 0.657. The number of carbonyl (C=O) groups is 1. The topological polar surface area (TPSA) is 117 Å². The van der Waals surface area contributed by atoms with Gasteiger partial charge in [0.15, 0.2) is 5.13 Å². The summed E-state index contributed by atoms with van der Waals surface area (Å²) >= 11 is 1.45. The molecule has 116 valence electrons. The summed E-state index contributed by atoms with van der Waals surface area (Å²) in [5.41, 5.74) is -0.540. The second-order valence-electron chi connectivity index (χ2n) is 4.90. The van der Waals surface area contributed by atoms with Crippen molar-refractivity contribution >= 4 is 33.9 Å². The minimum absolute atomic E-state index is 0.183. The molecule has 0 unspecified atom stereocenters. The number of carbonyl (C=O) groups excluding carboxylic acids is 1. The van der Waals surface area contributed by atoms with Crippen LogP contribution in [0.15, 0.2) is 11.6 Å². The van der Waals surface area contributed by atoms with Crippen molar-refractivity contribution in [3.63, 3.8) is 0 Å². The molecular weight excluding hydrogens is 308 g/mol. The average Bonchev–Trinajstić information content (AvgIpc) is 3.17. The summed E-state index contributed by atoms with van der Waals surface area (Å²) in [7, 11) is 0. The van der Waals surface area contributed by atoms with Crippen molar-refractivity contribution in [2.24, 2.45) is 0 Å². The molecule has 10 heteroatoms. The largest absolute Gasteiger partial charge is 0.348 e. The number of hydrogen-bond acceptors (Lipinski definition) is 7. The molecule has 0 bridgehead atoms. The van der Waals surface area contributed by atoms with Gasteiger partial charge in [-0.15, -0.1) is 11.3 Å². The number of amides is 1. The molecule has 1 fully saturated rings. The number of rotatable bonds is 4. The van der Waals surface area contributed by atoms with Gasteiger partial charge in [0.1, 0.15) is 12.0 Å². The highest BCUT2D eigenvalue weighted by atomic mass is 32.1. The Bertz CT molecular complexity index is 691. The number of piperidine rings is 1. The van der Waals surface area contributed by atoms with Crippen LogP contribution >= 0.6 is 11.3 Å². The first-order valence-corrected chi connectivity index (χ1v) is 7.72. The lowest BCUT2D eigenvalue weighted by atomic mass is 10.1. The highest BCUT2D eigenvalue weighted by Gasteiger charge is 2.23. The van der Waals surface area contributed by atoms with Crippen molar-refractivity contribution in [3.05, 3.63) is 27.4 Å². The molecule has 3 rings (SSSR count). The SMILES string of the molecule is O=C(Nc1csc(N2CCCCC2)n1)c1[nH]ncc1[N+](=O)[O-]. The van der Waals surface area contributed by atoms with Gasteiger partial charge in [-0.2, -0.15) is 5.10 Å². The van der Waals surface area contributed by atoms with Crippen LogP contribution in [0.2, 0.25) is 0 Å². The fraction of sp³-hybridized carbons (Fsp3) is 0.417. The smallest absolute Gasteiger partial charge is 0.319 e. The van der Waals surface area contributed by atoms with E-state index in [0.717, 1.165) is 37.3 Å². The van der Waals surface area contributed by atoms with Crippen LogP contribution in [0.3, 0.4) is 0 Å². The third-order valence-corrected chi connectivity index (χ3v) is 4.30. The summed E-state index contributed by atoms with van der Waals surface area (Å²) in [4.78, 5) is 28.7. The lowest BCUT2D eigenvalue weighted by Gasteiger charge is -2.25. The first kappa shape index (κ1) is 14.4. The van der Waals surface area contributed by atoms with Gasteiger partial charge in [0.25, 0.3) is 5.91 Å². The summed E-state index contributed by atoms with van der Waals surface area (Å²) in [5, 5.41) is 21.8. The molecule has 0 spiro atoms. The Hall–Kier alpha value is -2.49. The molecule has 22 heavy (non-hydrogen) atoms. The van der Waals surface area contributed by atoms with Crippen LogP contribution in [0, 0.1) is 10.1 Å². The monoisotopic (exact) mass is 322 g/mol. The third kappa shape index (κ3) is 2.91. The second-order valence-corrected chi connectivity index (χ2v) is 5.74. The van der Waals surface area contributed by atoms with Gasteiger partial charge >= 0.3 is 5.69 Å². The maximum atomic E-state index is 12.1. The molecule has 1 aliphatic rings. The van der Waals surface area contributed by atoms with Crippen LogP contribution in [0.25, 0.3) is 0 Å². The maximum Gasteiger partial charge on any atom is 0.319 e. The lowest BCUT2D eigenvalue weighted by Crippen LogP contribution is -2.29. The molecule has 0 aromatic carbocycles. The van der Waals surface area contributed by atoms with Crippen LogP contribution in [-0.4, -0.2) is 39.1 Å². The van der Waals surface area contributed by atoms with E-state index in [0.29, 0.717) is 5.82 Å². The molecule has 3 heterocycles. The molecule has 0 aliphatic carbocycles. The molecular formula is C12H14N6O3S. The van der Waals surface area contributed by atoms with Crippen molar-refractivity contribution in [1.29, 1.82) is 0 Å². The van der Waals surface area contributed by atoms with E-state index >= 15 is 0 Å². The Morgan fingerprint density at radius 1 is 1.41 bits per heavy atom. The zero-order valence-electron chi connectivity index (χ0n) is 11.6. The molecule has 9 nitrogen and oxygen atoms in total. The van der Waals surface area contributed by atoms with E-state index in [1.807, 2.05) is 0 Å². The van der Waals surface area contributed by atoms with E-state index in [1.54, 1.807) is 5.38 Å². The van der Waals surface area contributed by atoms with Crippen molar-refractivity contribution in [1.82, 2.24) is 15.2 Å². The van der Waals surface area contributed by atoms with Crippen molar-refractivity contribution < 1.29 is 9.72 Å². The zero-order valence-corrected chi connectivity index (χ0v) is 12.4. The second kappa shape index (κ2) is 6.10. The normalized spacial score (nSPS) is 14.8. The molecule has 2 aromatic heterocycles. The maximum absolute atomic E-state index is 12.1. The van der Waals surface area contributed by atoms with Crippen LogP contribution in [0.1, 0.15) is 29.8 Å². The highest BCUT2D eigenvalue weighted by molar-refractivity contribution is 7.14. The molecule has 2 N–H and O–H groups in total. The van der Waals surface area contributed by atoms with E-state index in [2.05, 4.69) is 25.4 Å². The molecule has 1 amide bonds. The first-order chi connectivity index (χ1) is 10.6. The summed E-state index contributed by atoms with van der Waals surface area (Å²) in [6, 6.07) is 0. The Morgan fingerprint density at radius 3 is 2.91 bits per heavy atom. The fourth-order valence-electron chi connectivity index (χ4n) is 2.32. The average molecular weight is 322 g/mol. The molecule has 0 saturated carbocycles. The molecule has 1 aliphatic heterocycles. The van der Waals surface area contributed by atoms with Crippen molar-refractivity contribution in [2.45, 2.75) is 19.3 Å². The van der Waals surface area contributed by atoms with Crippen molar-refractivity contribution in [3.8, 4) is 0 Å². The molecule has 1 saturated heterocycles. The third-order valence-electron chi connectivity index (χ3n) is 3.40. The van der Waals surface area contributed by atoms with E-state index in [1.165, 1.54) is 17.8 Å². The predicted octanol–water partition coefficient (Wildman–Crippen LogP) is 2.02. The summed E-state index contributed by atoms with van der Waals surface area (Å²) < 4.78 is 0. The zero-order chi connectivity index (χ0) is 15.5. The number of aromatic amines is 1. The fourth-order valence-corrected chi connectivity index (χ4v) is 3.13. The molecule has 0 atom stereocenters. The summed E-state index contributed by atoms with van der Waals surface area (Å²) in [6.45, 7) is 1.93. The van der Waals surface area contributed by atoms with Gasteiger partial charge in [-0.25, -0.2) is 4.98 Å². The van der Waals surface area contributed by atoms with Gasteiger partial charge in [0.2, 0.25) is 5.69 Å². The lowest BCUT2D eigenvalue weighted by molar-refractivity contribution is -0.385. The standard InChI is InChI=1S/C12H14N6O3S/c19-11(10-8(18(20)21)6-13-16-10)14-9-7-22-12(15-9)17-4-2-1-3-5-17/h6-7H,1-5H2,(H,13,16)(H,14,19). The number of nitrogens with one attached hydrogen (secondary N) is 2. The number of thiazole rings is 1. The van der Waals surface area contributed by atoms with E-state index in [4.69, 9.17) is 0 Å². The molecule has 2 aromatic rings. The summed E-state index contributed by atoms with van der Waals surface area (Å²) in [6.07, 6.45) is 4.52. The van der Waals surface area contributed by atoms with Gasteiger partial charge in [0.05, 0.1) is 4.92 Å². The highest BCUT2D eigenvalue weighted by Crippen LogP contribution is 2.26. The van der Waals surface area contributed by atoms with Gasteiger partial charge in [-0.05, 0) is 19.3 Å². The Balaban J connectivity index is 1.70. The van der Waals surface area contributed by atoms with Crippen LogP contribution in [-0.2, 0) is 0 Å². The van der Waals surface area contributed by atoms with E-state index in [9.17, 15) is 14.9 Å². The van der Waals surface area contributed by atoms with Crippen LogP contribution < -0.4 is 10.2 Å². The number of anilines is 2. The number of aromatic nitrogens is 3. The minimum Gasteiger partial charge on any atom is -0.348 e. The Morgan fingerprint density at radius 2 is 2.18 bits per heavy atom. The first-order valence-electron chi connectivity index (χ1n) is 6.85.